The Labute approximate surface area is 212 Å². The largest absolute Gasteiger partial charge is 0.497 e. The molecule has 4 rings (SSSR count). The molecule has 3 atom stereocenters. The normalized spacial score (nSPS) is 24.3. The van der Waals surface area contributed by atoms with Gasteiger partial charge in [-0.05, 0) is 56.3 Å². The molecule has 2 heterocycles. The third-order valence-corrected chi connectivity index (χ3v) is 7.89. The summed E-state index contributed by atoms with van der Waals surface area (Å²) >= 11 is 0. The van der Waals surface area contributed by atoms with Gasteiger partial charge in [-0.3, -0.25) is 4.90 Å². The lowest BCUT2D eigenvalue weighted by molar-refractivity contribution is 0.0713. The molecule has 1 saturated heterocycles. The van der Waals surface area contributed by atoms with Crippen LogP contribution >= 0.6 is 0 Å². The summed E-state index contributed by atoms with van der Waals surface area (Å²) in [5.74, 6) is 0.867. The van der Waals surface area contributed by atoms with Gasteiger partial charge in [-0.25, -0.2) is 17.9 Å². The fourth-order valence-electron chi connectivity index (χ4n) is 4.58. The fourth-order valence-corrected chi connectivity index (χ4v) is 5.77. The standard InChI is InChI=1S/C25H34N4O6S/c1-16(2)27-25(31)29-14-21-23(15-29)35-22-11-18(17-6-5-7-20(10-17)34-4)8-9-24(22)36(32,33)26-12-19(30)13-28(21)3/h5-11,16,19,21,23,26,30H,12-15H2,1-4H3,(H,27,31)/t19-,21+,23-/m0/s1. The van der Waals surface area contributed by atoms with Gasteiger partial charge in [0.15, 0.2) is 0 Å². The van der Waals surface area contributed by atoms with Gasteiger partial charge in [-0.15, -0.1) is 0 Å². The smallest absolute Gasteiger partial charge is 0.317 e. The van der Waals surface area contributed by atoms with Crippen LogP contribution in [0.25, 0.3) is 11.1 Å². The van der Waals surface area contributed by atoms with Gasteiger partial charge < -0.3 is 24.8 Å². The number of nitrogens with zero attached hydrogens (tertiary/aromatic N) is 2. The topological polar surface area (TPSA) is 120 Å². The number of methoxy groups -OCH3 is 1. The van der Waals surface area contributed by atoms with Crippen molar-refractivity contribution in [2.24, 2.45) is 0 Å². The minimum absolute atomic E-state index is 0.0188. The summed E-state index contributed by atoms with van der Waals surface area (Å²) in [6.07, 6.45) is -1.44. The van der Waals surface area contributed by atoms with Crippen molar-refractivity contribution in [3.63, 3.8) is 0 Å². The lowest BCUT2D eigenvalue weighted by Gasteiger charge is -2.30. The predicted octanol–water partition coefficient (Wildman–Crippen LogP) is 1.50. The molecular formula is C25H34N4O6S. The molecule has 0 saturated carbocycles. The van der Waals surface area contributed by atoms with E-state index in [9.17, 15) is 18.3 Å². The van der Waals surface area contributed by atoms with Crippen LogP contribution in [0, 0.1) is 0 Å². The number of likely N-dealkylation sites (N-methyl/N-ethyl adjacent to an activating group) is 1. The van der Waals surface area contributed by atoms with Crippen LogP contribution in [0.4, 0.5) is 4.79 Å². The Morgan fingerprint density at radius 1 is 1.17 bits per heavy atom. The van der Waals surface area contributed by atoms with E-state index in [1.807, 2.05) is 50.1 Å². The Morgan fingerprint density at radius 3 is 2.64 bits per heavy atom. The highest BCUT2D eigenvalue weighted by Crippen LogP contribution is 2.34. The molecule has 2 amide bonds. The molecule has 2 aromatic rings. The number of aliphatic hydroxyl groups is 1. The third-order valence-electron chi connectivity index (χ3n) is 6.42. The summed E-state index contributed by atoms with van der Waals surface area (Å²) in [7, 11) is -0.538. The second-order valence-electron chi connectivity index (χ2n) is 9.57. The molecule has 0 bridgehead atoms. The quantitative estimate of drug-likeness (QED) is 0.563. The number of sulfonamides is 1. The second-order valence-corrected chi connectivity index (χ2v) is 11.3. The number of ether oxygens (including phenoxy) is 2. The highest BCUT2D eigenvalue weighted by molar-refractivity contribution is 7.89. The van der Waals surface area contributed by atoms with E-state index in [1.165, 1.54) is 6.07 Å². The van der Waals surface area contributed by atoms with Crippen LogP contribution in [0.3, 0.4) is 0 Å². The first-order valence-electron chi connectivity index (χ1n) is 12.0. The van der Waals surface area contributed by atoms with Crippen molar-refractivity contribution < 1.29 is 27.8 Å². The van der Waals surface area contributed by atoms with E-state index in [0.29, 0.717) is 12.3 Å². The minimum Gasteiger partial charge on any atom is -0.497 e. The Balaban J connectivity index is 1.75. The van der Waals surface area contributed by atoms with Gasteiger partial charge in [-0.2, -0.15) is 0 Å². The SMILES string of the molecule is COc1cccc(-c2ccc3c(c2)O[C@H]2CN(C(=O)NC(C)C)C[C@H]2N(C)C[C@@H](O)CNS3(=O)=O)c1. The van der Waals surface area contributed by atoms with Crippen molar-refractivity contribution >= 4 is 16.1 Å². The van der Waals surface area contributed by atoms with Crippen LogP contribution in [-0.4, -0.2) is 94.0 Å². The van der Waals surface area contributed by atoms with E-state index in [2.05, 4.69) is 10.0 Å². The van der Waals surface area contributed by atoms with Gasteiger partial charge in [0.1, 0.15) is 22.5 Å². The number of β-amino-alcohol motifs (C(OH)–C–C–N with tert-alkyl or cyclic N) is 1. The van der Waals surface area contributed by atoms with Gasteiger partial charge >= 0.3 is 6.03 Å². The maximum atomic E-state index is 13.2. The molecule has 0 aromatic heterocycles. The number of carbonyl (C=O) groups excluding carboxylic acids is 1. The zero-order valence-corrected chi connectivity index (χ0v) is 21.8. The fraction of sp³-hybridized carbons (Fsp3) is 0.480. The van der Waals surface area contributed by atoms with Crippen molar-refractivity contribution in [3.8, 4) is 22.6 Å². The Kier molecular flexibility index (Phi) is 7.74. The Bertz CT molecular complexity index is 1200. The number of carbonyl (C=O) groups is 1. The Hall–Kier alpha value is -2.86. The molecule has 0 unspecified atom stereocenters. The zero-order chi connectivity index (χ0) is 26.0. The average Bonchev–Trinajstić information content (AvgIpc) is 3.26. The summed E-state index contributed by atoms with van der Waals surface area (Å²) in [5, 5.41) is 13.4. The van der Waals surface area contributed by atoms with E-state index >= 15 is 0 Å². The molecule has 3 N–H and O–H groups in total. The van der Waals surface area contributed by atoms with Crippen molar-refractivity contribution in [2.75, 3.05) is 40.3 Å². The van der Waals surface area contributed by atoms with Crippen molar-refractivity contribution in [1.82, 2.24) is 19.8 Å². The second kappa shape index (κ2) is 10.6. The number of benzene rings is 2. The number of rotatable bonds is 3. The molecule has 0 aliphatic carbocycles. The number of amides is 2. The molecule has 0 spiro atoms. The minimum atomic E-state index is -3.97. The van der Waals surface area contributed by atoms with Crippen molar-refractivity contribution in [2.45, 2.75) is 43.0 Å². The summed E-state index contributed by atoms with van der Waals surface area (Å²) in [6, 6.07) is 11.9. The number of fused-ring (bicyclic) bond motifs is 2. The molecule has 1 fully saturated rings. The first-order chi connectivity index (χ1) is 17.1. The van der Waals surface area contributed by atoms with Crippen molar-refractivity contribution in [3.05, 3.63) is 42.5 Å². The molecule has 10 nitrogen and oxygen atoms in total. The van der Waals surface area contributed by atoms with E-state index < -0.39 is 22.2 Å². The number of hydrogen-bond acceptors (Lipinski definition) is 7. The number of urea groups is 1. The molecule has 2 aliphatic heterocycles. The monoisotopic (exact) mass is 518 g/mol. The zero-order valence-electron chi connectivity index (χ0n) is 21.0. The molecule has 2 aromatic carbocycles. The average molecular weight is 519 g/mol. The van der Waals surface area contributed by atoms with Gasteiger partial charge in [0.25, 0.3) is 0 Å². The van der Waals surface area contributed by atoms with E-state index in [4.69, 9.17) is 9.47 Å². The van der Waals surface area contributed by atoms with Gasteiger partial charge in [0, 0.05) is 25.7 Å². The van der Waals surface area contributed by atoms with Crippen molar-refractivity contribution in [1.29, 1.82) is 0 Å². The van der Waals surface area contributed by atoms with Gasteiger partial charge in [0.05, 0.1) is 25.8 Å². The van der Waals surface area contributed by atoms with Gasteiger partial charge in [-0.1, -0.05) is 18.2 Å². The van der Waals surface area contributed by atoms with E-state index in [1.54, 1.807) is 24.1 Å². The predicted molar refractivity (Wildman–Crippen MR) is 136 cm³/mol. The molecule has 36 heavy (non-hydrogen) atoms. The lowest BCUT2D eigenvalue weighted by Crippen LogP contribution is -2.48. The number of hydrogen-bond donors (Lipinski definition) is 3. The maximum Gasteiger partial charge on any atom is 0.317 e. The molecular weight excluding hydrogens is 484 g/mol. The highest BCUT2D eigenvalue weighted by atomic mass is 32.2. The summed E-state index contributed by atoms with van der Waals surface area (Å²) < 4.78 is 40.6. The van der Waals surface area contributed by atoms with Crippen LogP contribution < -0.4 is 19.5 Å². The van der Waals surface area contributed by atoms with Crippen LogP contribution in [-0.2, 0) is 10.0 Å². The van der Waals surface area contributed by atoms with E-state index in [0.717, 1.165) is 11.1 Å². The lowest BCUT2D eigenvalue weighted by atomic mass is 10.1. The Morgan fingerprint density at radius 2 is 1.92 bits per heavy atom. The molecule has 11 heteroatoms. The number of likely N-dealkylation sites (tertiary alicyclic amines) is 1. The van der Waals surface area contributed by atoms with E-state index in [-0.39, 0.29) is 48.4 Å². The molecule has 2 aliphatic rings. The first kappa shape index (κ1) is 26.2. The summed E-state index contributed by atoms with van der Waals surface area (Å²) in [6.45, 7) is 4.53. The van der Waals surface area contributed by atoms with Gasteiger partial charge in [0.2, 0.25) is 10.0 Å². The van der Waals surface area contributed by atoms with Crippen LogP contribution in [0.2, 0.25) is 0 Å². The molecule has 0 radical (unpaired) electrons. The first-order valence-corrected chi connectivity index (χ1v) is 13.4. The number of aliphatic hydroxyl groups excluding tert-OH is 1. The third kappa shape index (κ3) is 5.75. The summed E-state index contributed by atoms with van der Waals surface area (Å²) in [4.78, 5) is 16.3. The summed E-state index contributed by atoms with van der Waals surface area (Å²) in [5.41, 5.74) is 1.60. The number of nitrogens with one attached hydrogen (secondary N) is 2. The molecule has 196 valence electrons. The van der Waals surface area contributed by atoms with Crippen LogP contribution in [0.5, 0.6) is 11.5 Å². The maximum absolute atomic E-state index is 13.2. The highest BCUT2D eigenvalue weighted by Gasteiger charge is 2.41. The van der Waals surface area contributed by atoms with Crippen LogP contribution in [0.1, 0.15) is 13.8 Å². The van der Waals surface area contributed by atoms with Crippen LogP contribution in [0.15, 0.2) is 47.4 Å².